The van der Waals surface area contributed by atoms with Crippen molar-refractivity contribution in [3.05, 3.63) is 63.7 Å². The van der Waals surface area contributed by atoms with Crippen LogP contribution >= 0.6 is 11.6 Å². The second-order valence-corrected chi connectivity index (χ2v) is 6.05. The molecule has 1 atom stereocenters. The average Bonchev–Trinajstić information content (AvgIpc) is 2.48. The van der Waals surface area contributed by atoms with Crippen molar-refractivity contribution >= 4 is 11.6 Å². The molecule has 0 spiro atoms. The van der Waals surface area contributed by atoms with Crippen molar-refractivity contribution in [1.82, 2.24) is 4.90 Å². The van der Waals surface area contributed by atoms with Gasteiger partial charge in [0.05, 0.1) is 11.1 Å². The van der Waals surface area contributed by atoms with Gasteiger partial charge in [0.25, 0.3) is 0 Å². The molecule has 20 heavy (non-hydrogen) atoms. The number of hydrogen-bond acceptors (Lipinski definition) is 2. The van der Waals surface area contributed by atoms with E-state index in [1.54, 1.807) is 0 Å². The summed E-state index contributed by atoms with van der Waals surface area (Å²) < 4.78 is 0. The zero-order valence-corrected chi connectivity index (χ0v) is 11.9. The van der Waals surface area contributed by atoms with E-state index in [2.05, 4.69) is 29.2 Å². The van der Waals surface area contributed by atoms with Crippen molar-refractivity contribution in [2.24, 2.45) is 0 Å². The Labute approximate surface area is 123 Å². The monoisotopic (exact) mass is 285 g/mol. The average molecular weight is 286 g/mol. The first-order chi connectivity index (χ1) is 9.74. The molecule has 2 nitrogen and oxygen atoms in total. The van der Waals surface area contributed by atoms with Gasteiger partial charge in [-0.05, 0) is 47.2 Å². The van der Waals surface area contributed by atoms with Gasteiger partial charge in [-0.2, -0.15) is 0 Å². The number of aromatic hydroxyl groups is 1. The number of fused-ring (bicyclic) bond motifs is 5. The summed E-state index contributed by atoms with van der Waals surface area (Å²) in [6.45, 7) is 2.15. The summed E-state index contributed by atoms with van der Waals surface area (Å²) in [5.41, 5.74) is 5.29. The van der Waals surface area contributed by atoms with Crippen molar-refractivity contribution in [3.8, 4) is 5.75 Å². The van der Waals surface area contributed by atoms with Crippen LogP contribution < -0.4 is 0 Å². The third kappa shape index (κ3) is 1.75. The van der Waals surface area contributed by atoms with Crippen LogP contribution in [0.3, 0.4) is 0 Å². The number of halogens is 1. The van der Waals surface area contributed by atoms with E-state index in [9.17, 15) is 5.11 Å². The summed E-state index contributed by atoms with van der Waals surface area (Å²) in [5.74, 6) is 0.190. The molecule has 0 fully saturated rings. The SMILES string of the molecule is Oc1cc2c(cc1Cl)CCN1CCc3ccccc3[C@@H]21. The van der Waals surface area contributed by atoms with Crippen LogP contribution in [-0.4, -0.2) is 23.1 Å². The van der Waals surface area contributed by atoms with Gasteiger partial charge >= 0.3 is 0 Å². The highest BCUT2D eigenvalue weighted by molar-refractivity contribution is 6.32. The minimum Gasteiger partial charge on any atom is -0.506 e. The Morgan fingerprint density at radius 1 is 1.00 bits per heavy atom. The van der Waals surface area contributed by atoms with Crippen LogP contribution in [0.15, 0.2) is 36.4 Å². The van der Waals surface area contributed by atoms with Gasteiger partial charge in [0.15, 0.2) is 0 Å². The minimum atomic E-state index is 0.190. The smallest absolute Gasteiger partial charge is 0.134 e. The van der Waals surface area contributed by atoms with Gasteiger partial charge in [-0.25, -0.2) is 0 Å². The van der Waals surface area contributed by atoms with E-state index in [0.717, 1.165) is 25.9 Å². The second-order valence-electron chi connectivity index (χ2n) is 5.64. The zero-order chi connectivity index (χ0) is 13.7. The molecule has 4 rings (SSSR count). The summed E-state index contributed by atoms with van der Waals surface area (Å²) in [6, 6.07) is 12.7. The highest BCUT2D eigenvalue weighted by atomic mass is 35.5. The fourth-order valence-electron chi connectivity index (χ4n) is 3.58. The molecule has 2 aromatic rings. The van der Waals surface area contributed by atoms with Crippen molar-refractivity contribution in [1.29, 1.82) is 0 Å². The molecule has 2 heterocycles. The van der Waals surface area contributed by atoms with E-state index in [-0.39, 0.29) is 11.8 Å². The Morgan fingerprint density at radius 2 is 1.75 bits per heavy atom. The first-order valence-electron chi connectivity index (χ1n) is 7.07. The minimum absolute atomic E-state index is 0.190. The summed E-state index contributed by atoms with van der Waals surface area (Å²) in [4.78, 5) is 2.51. The number of benzene rings is 2. The summed E-state index contributed by atoms with van der Waals surface area (Å²) >= 11 is 6.06. The quantitative estimate of drug-likeness (QED) is 0.800. The number of rotatable bonds is 0. The molecule has 0 bridgehead atoms. The lowest BCUT2D eigenvalue weighted by Crippen LogP contribution is -2.40. The Kier molecular flexibility index (Phi) is 2.76. The van der Waals surface area contributed by atoms with Crippen LogP contribution in [0.2, 0.25) is 5.02 Å². The third-order valence-electron chi connectivity index (χ3n) is 4.55. The topological polar surface area (TPSA) is 23.5 Å². The molecule has 2 aliphatic rings. The van der Waals surface area contributed by atoms with Crippen LogP contribution in [0.4, 0.5) is 0 Å². The fourth-order valence-corrected chi connectivity index (χ4v) is 3.76. The molecular formula is C17H16ClNO. The van der Waals surface area contributed by atoms with E-state index >= 15 is 0 Å². The Morgan fingerprint density at radius 3 is 2.60 bits per heavy atom. The van der Waals surface area contributed by atoms with E-state index in [1.165, 1.54) is 22.3 Å². The standard InChI is InChI=1S/C17H16ClNO/c18-15-9-12-6-8-19-7-5-11-3-1-2-4-13(11)17(19)14(12)10-16(15)20/h1-4,9-10,17,20H,5-8H2/t17-/m0/s1. The van der Waals surface area contributed by atoms with Gasteiger partial charge in [0.1, 0.15) is 5.75 Å². The maximum absolute atomic E-state index is 9.96. The van der Waals surface area contributed by atoms with Gasteiger partial charge < -0.3 is 5.11 Å². The first kappa shape index (κ1) is 12.2. The van der Waals surface area contributed by atoms with Gasteiger partial charge in [-0.15, -0.1) is 0 Å². The van der Waals surface area contributed by atoms with Crippen LogP contribution in [0.25, 0.3) is 0 Å². The highest BCUT2D eigenvalue weighted by Gasteiger charge is 2.33. The molecule has 3 heteroatoms. The Balaban J connectivity index is 1.92. The molecule has 0 aliphatic carbocycles. The van der Waals surface area contributed by atoms with Crippen LogP contribution in [0.1, 0.15) is 28.3 Å². The fraction of sp³-hybridized carbons (Fsp3) is 0.294. The molecule has 0 aromatic heterocycles. The maximum Gasteiger partial charge on any atom is 0.134 e. The Hall–Kier alpha value is -1.51. The predicted molar refractivity (Wildman–Crippen MR) is 80.4 cm³/mol. The molecule has 2 aromatic carbocycles. The lowest BCUT2D eigenvalue weighted by Gasteiger charge is -2.42. The van der Waals surface area contributed by atoms with Crippen molar-refractivity contribution < 1.29 is 5.11 Å². The van der Waals surface area contributed by atoms with E-state index in [0.29, 0.717) is 5.02 Å². The van der Waals surface area contributed by atoms with Crippen molar-refractivity contribution in [3.63, 3.8) is 0 Å². The van der Waals surface area contributed by atoms with Gasteiger partial charge in [-0.1, -0.05) is 35.9 Å². The molecule has 0 amide bonds. The van der Waals surface area contributed by atoms with Gasteiger partial charge in [-0.3, -0.25) is 4.90 Å². The first-order valence-corrected chi connectivity index (χ1v) is 7.45. The highest BCUT2D eigenvalue weighted by Crippen LogP contribution is 2.42. The largest absolute Gasteiger partial charge is 0.506 e. The molecular weight excluding hydrogens is 270 g/mol. The number of hydrogen-bond donors (Lipinski definition) is 1. The zero-order valence-electron chi connectivity index (χ0n) is 11.1. The molecule has 0 saturated heterocycles. The van der Waals surface area contributed by atoms with E-state index in [1.807, 2.05) is 12.1 Å². The normalized spacial score (nSPS) is 20.9. The number of nitrogens with zero attached hydrogens (tertiary/aromatic N) is 1. The van der Waals surface area contributed by atoms with Gasteiger partial charge in [0, 0.05) is 13.1 Å². The molecule has 0 unspecified atom stereocenters. The van der Waals surface area contributed by atoms with Crippen LogP contribution in [-0.2, 0) is 12.8 Å². The molecule has 0 radical (unpaired) electrons. The number of phenolic OH excluding ortho intramolecular Hbond substituents is 1. The van der Waals surface area contributed by atoms with Crippen molar-refractivity contribution in [2.75, 3.05) is 13.1 Å². The van der Waals surface area contributed by atoms with E-state index in [4.69, 9.17) is 11.6 Å². The molecule has 0 saturated carbocycles. The number of phenols is 1. The molecule has 2 aliphatic heterocycles. The summed E-state index contributed by atoms with van der Waals surface area (Å²) in [6.07, 6.45) is 2.12. The van der Waals surface area contributed by atoms with Crippen LogP contribution in [0.5, 0.6) is 5.75 Å². The summed E-state index contributed by atoms with van der Waals surface area (Å²) in [5, 5.41) is 10.4. The van der Waals surface area contributed by atoms with Crippen LogP contribution in [0, 0.1) is 0 Å². The lowest BCUT2D eigenvalue weighted by molar-refractivity contribution is 0.201. The van der Waals surface area contributed by atoms with Crippen molar-refractivity contribution in [2.45, 2.75) is 18.9 Å². The lowest BCUT2D eigenvalue weighted by atomic mass is 9.82. The Bertz CT molecular complexity index is 683. The van der Waals surface area contributed by atoms with Gasteiger partial charge in [0.2, 0.25) is 0 Å². The third-order valence-corrected chi connectivity index (χ3v) is 4.86. The maximum atomic E-state index is 9.96. The molecule has 102 valence electrons. The molecule has 1 N–H and O–H groups in total. The predicted octanol–water partition coefficient (Wildman–Crippen LogP) is 3.55. The second kappa shape index (κ2) is 4.51. The summed E-state index contributed by atoms with van der Waals surface area (Å²) in [7, 11) is 0. The van der Waals surface area contributed by atoms with E-state index < -0.39 is 0 Å².